The first kappa shape index (κ1) is 11.2. The molecule has 0 saturated carbocycles. The topological polar surface area (TPSA) is 45.2 Å². The molecule has 1 fully saturated rings. The SMILES string of the molecule is CNc1ccc(Cl)c(CN2CCCC2=O)n1. The Kier molecular flexibility index (Phi) is 3.29. The van der Waals surface area contributed by atoms with Crippen LogP contribution in [0.15, 0.2) is 12.1 Å². The van der Waals surface area contributed by atoms with Gasteiger partial charge in [-0.15, -0.1) is 0 Å². The van der Waals surface area contributed by atoms with Crippen molar-refractivity contribution in [2.24, 2.45) is 0 Å². The third-order valence-electron chi connectivity index (χ3n) is 2.69. The van der Waals surface area contributed by atoms with Gasteiger partial charge in [0, 0.05) is 20.0 Å². The molecule has 1 aromatic rings. The predicted octanol–water partition coefficient (Wildman–Crippen LogP) is 1.90. The summed E-state index contributed by atoms with van der Waals surface area (Å²) in [5, 5.41) is 3.57. The van der Waals surface area contributed by atoms with Crippen molar-refractivity contribution < 1.29 is 4.79 Å². The zero-order valence-corrected chi connectivity index (χ0v) is 9.92. The molecule has 1 saturated heterocycles. The molecule has 1 N–H and O–H groups in total. The Hall–Kier alpha value is -1.29. The van der Waals surface area contributed by atoms with E-state index < -0.39 is 0 Å². The van der Waals surface area contributed by atoms with Crippen LogP contribution in [0.5, 0.6) is 0 Å². The van der Waals surface area contributed by atoms with Gasteiger partial charge in [0.25, 0.3) is 0 Å². The Morgan fingerprint density at radius 3 is 3.00 bits per heavy atom. The molecule has 2 heterocycles. The van der Waals surface area contributed by atoms with Gasteiger partial charge in [0.15, 0.2) is 0 Å². The number of likely N-dealkylation sites (tertiary alicyclic amines) is 1. The highest BCUT2D eigenvalue weighted by atomic mass is 35.5. The van der Waals surface area contributed by atoms with Crippen molar-refractivity contribution in [1.82, 2.24) is 9.88 Å². The summed E-state index contributed by atoms with van der Waals surface area (Å²) in [7, 11) is 1.81. The zero-order valence-electron chi connectivity index (χ0n) is 9.16. The number of carbonyl (C=O) groups excluding carboxylic acids is 1. The molecular weight excluding hydrogens is 226 g/mol. The van der Waals surface area contributed by atoms with Gasteiger partial charge >= 0.3 is 0 Å². The average Bonchev–Trinajstić information content (AvgIpc) is 2.68. The molecule has 1 amide bonds. The summed E-state index contributed by atoms with van der Waals surface area (Å²) in [4.78, 5) is 17.6. The quantitative estimate of drug-likeness (QED) is 0.876. The van der Waals surface area contributed by atoms with Gasteiger partial charge in [-0.1, -0.05) is 11.6 Å². The molecule has 2 rings (SSSR count). The fourth-order valence-electron chi connectivity index (χ4n) is 1.79. The number of amides is 1. The Balaban J connectivity index is 2.16. The highest BCUT2D eigenvalue weighted by Gasteiger charge is 2.21. The number of pyridine rings is 1. The van der Waals surface area contributed by atoms with Crippen LogP contribution < -0.4 is 5.32 Å². The predicted molar refractivity (Wildman–Crippen MR) is 63.4 cm³/mol. The molecule has 0 bridgehead atoms. The van der Waals surface area contributed by atoms with Crippen molar-refractivity contribution in [3.05, 3.63) is 22.8 Å². The van der Waals surface area contributed by atoms with Crippen molar-refractivity contribution in [2.45, 2.75) is 19.4 Å². The summed E-state index contributed by atoms with van der Waals surface area (Å²) in [6, 6.07) is 3.62. The molecule has 0 unspecified atom stereocenters. The lowest BCUT2D eigenvalue weighted by Gasteiger charge is -2.16. The first-order chi connectivity index (χ1) is 7.70. The molecule has 0 atom stereocenters. The number of aromatic nitrogens is 1. The number of hydrogen-bond acceptors (Lipinski definition) is 3. The van der Waals surface area contributed by atoms with Gasteiger partial charge in [-0.25, -0.2) is 4.98 Å². The molecule has 1 aromatic heterocycles. The summed E-state index contributed by atoms with van der Waals surface area (Å²) in [6.45, 7) is 1.31. The van der Waals surface area contributed by atoms with E-state index >= 15 is 0 Å². The van der Waals surface area contributed by atoms with Crippen LogP contribution in [0, 0.1) is 0 Å². The summed E-state index contributed by atoms with van der Waals surface area (Å²) >= 11 is 6.05. The maximum Gasteiger partial charge on any atom is 0.222 e. The molecule has 0 spiro atoms. The molecule has 0 radical (unpaired) electrons. The smallest absolute Gasteiger partial charge is 0.222 e. The number of hydrogen-bond donors (Lipinski definition) is 1. The van der Waals surface area contributed by atoms with Gasteiger partial charge in [-0.05, 0) is 18.6 Å². The maximum absolute atomic E-state index is 11.5. The van der Waals surface area contributed by atoms with Crippen molar-refractivity contribution in [1.29, 1.82) is 0 Å². The third kappa shape index (κ3) is 2.27. The zero-order chi connectivity index (χ0) is 11.5. The van der Waals surface area contributed by atoms with Gasteiger partial charge in [-0.2, -0.15) is 0 Å². The average molecular weight is 240 g/mol. The second kappa shape index (κ2) is 4.70. The van der Waals surface area contributed by atoms with Crippen LogP contribution in [0.4, 0.5) is 5.82 Å². The van der Waals surface area contributed by atoms with Crippen LogP contribution in [0.2, 0.25) is 5.02 Å². The van der Waals surface area contributed by atoms with E-state index in [4.69, 9.17) is 11.6 Å². The Bertz CT molecular complexity index is 408. The first-order valence-electron chi connectivity index (χ1n) is 5.31. The lowest BCUT2D eigenvalue weighted by molar-refractivity contribution is -0.128. The minimum atomic E-state index is 0.188. The Morgan fingerprint density at radius 2 is 2.38 bits per heavy atom. The number of halogens is 1. The van der Waals surface area contributed by atoms with Crippen LogP contribution >= 0.6 is 11.6 Å². The summed E-state index contributed by atoms with van der Waals surface area (Å²) in [5.74, 6) is 0.957. The lowest BCUT2D eigenvalue weighted by atomic mass is 10.3. The van der Waals surface area contributed by atoms with E-state index in [2.05, 4.69) is 10.3 Å². The maximum atomic E-state index is 11.5. The monoisotopic (exact) mass is 239 g/mol. The van der Waals surface area contributed by atoms with E-state index in [0.29, 0.717) is 18.0 Å². The minimum Gasteiger partial charge on any atom is -0.373 e. The van der Waals surface area contributed by atoms with Crippen LogP contribution in [0.3, 0.4) is 0 Å². The summed E-state index contributed by atoms with van der Waals surface area (Å²) in [5.41, 5.74) is 0.753. The fraction of sp³-hybridized carbons (Fsp3) is 0.455. The molecular formula is C11H14ClN3O. The van der Waals surface area contributed by atoms with Gasteiger partial charge in [-0.3, -0.25) is 4.79 Å². The van der Waals surface area contributed by atoms with E-state index in [1.807, 2.05) is 6.07 Å². The Morgan fingerprint density at radius 1 is 1.56 bits per heavy atom. The van der Waals surface area contributed by atoms with Crippen LogP contribution in [-0.2, 0) is 11.3 Å². The Labute approximate surface area is 99.6 Å². The minimum absolute atomic E-state index is 0.188. The van der Waals surface area contributed by atoms with E-state index in [0.717, 1.165) is 24.5 Å². The van der Waals surface area contributed by atoms with E-state index in [-0.39, 0.29) is 5.91 Å². The van der Waals surface area contributed by atoms with Crippen LogP contribution in [-0.4, -0.2) is 29.4 Å². The molecule has 1 aliphatic rings. The van der Waals surface area contributed by atoms with E-state index in [9.17, 15) is 4.79 Å². The van der Waals surface area contributed by atoms with Crippen LogP contribution in [0.1, 0.15) is 18.5 Å². The van der Waals surface area contributed by atoms with E-state index in [1.165, 1.54) is 0 Å². The second-order valence-electron chi connectivity index (χ2n) is 3.79. The number of carbonyl (C=O) groups is 1. The largest absolute Gasteiger partial charge is 0.373 e. The number of nitrogens with one attached hydrogen (secondary N) is 1. The third-order valence-corrected chi connectivity index (χ3v) is 3.03. The summed E-state index contributed by atoms with van der Waals surface area (Å²) < 4.78 is 0. The molecule has 0 aliphatic carbocycles. The van der Waals surface area contributed by atoms with Crippen molar-refractivity contribution in [2.75, 3.05) is 18.9 Å². The van der Waals surface area contributed by atoms with Crippen LogP contribution in [0.25, 0.3) is 0 Å². The second-order valence-corrected chi connectivity index (χ2v) is 4.20. The normalized spacial score (nSPS) is 15.6. The van der Waals surface area contributed by atoms with Crippen molar-refractivity contribution in [3.8, 4) is 0 Å². The molecule has 5 heteroatoms. The molecule has 0 aromatic carbocycles. The van der Waals surface area contributed by atoms with Gasteiger partial charge < -0.3 is 10.2 Å². The highest BCUT2D eigenvalue weighted by molar-refractivity contribution is 6.31. The van der Waals surface area contributed by atoms with Crippen molar-refractivity contribution in [3.63, 3.8) is 0 Å². The van der Waals surface area contributed by atoms with Gasteiger partial charge in [0.2, 0.25) is 5.91 Å². The lowest BCUT2D eigenvalue weighted by Crippen LogP contribution is -2.24. The molecule has 1 aliphatic heterocycles. The first-order valence-corrected chi connectivity index (χ1v) is 5.69. The standard InChI is InChI=1S/C11H14ClN3O/c1-13-10-5-4-8(12)9(14-10)7-15-6-2-3-11(15)16/h4-5H,2-3,6-7H2,1H3,(H,13,14). The van der Waals surface area contributed by atoms with Gasteiger partial charge in [0.1, 0.15) is 5.82 Å². The highest BCUT2D eigenvalue weighted by Crippen LogP contribution is 2.20. The molecule has 86 valence electrons. The molecule has 16 heavy (non-hydrogen) atoms. The molecule has 4 nitrogen and oxygen atoms in total. The fourth-order valence-corrected chi connectivity index (χ4v) is 1.95. The van der Waals surface area contributed by atoms with E-state index in [1.54, 1.807) is 18.0 Å². The summed E-state index contributed by atoms with van der Waals surface area (Å²) in [6.07, 6.45) is 1.57. The van der Waals surface area contributed by atoms with Gasteiger partial charge in [0.05, 0.1) is 17.3 Å². The number of anilines is 1. The number of rotatable bonds is 3. The van der Waals surface area contributed by atoms with Crippen molar-refractivity contribution >= 4 is 23.3 Å². The number of nitrogens with zero attached hydrogens (tertiary/aromatic N) is 2.